The fourth-order valence-electron chi connectivity index (χ4n) is 2.61. The maximum Gasteiger partial charge on any atom is 0.157 e. The van der Waals surface area contributed by atoms with Gasteiger partial charge in [0.2, 0.25) is 0 Å². The molecule has 0 aliphatic heterocycles. The lowest BCUT2D eigenvalue weighted by atomic mass is 9.87. The second kappa shape index (κ2) is 5.76. The van der Waals surface area contributed by atoms with Crippen LogP contribution in [0.2, 0.25) is 0 Å². The second-order valence-corrected chi connectivity index (χ2v) is 5.44. The third-order valence-electron chi connectivity index (χ3n) is 3.72. The summed E-state index contributed by atoms with van der Waals surface area (Å²) in [5.41, 5.74) is 8.19. The smallest absolute Gasteiger partial charge is 0.157 e. The fourth-order valence-corrected chi connectivity index (χ4v) is 2.61. The van der Waals surface area contributed by atoms with Gasteiger partial charge in [-0.15, -0.1) is 0 Å². The Balaban J connectivity index is 2.23. The maximum absolute atomic E-state index is 5.74. The molecule has 1 aliphatic carbocycles. The van der Waals surface area contributed by atoms with Crippen LogP contribution in [0.3, 0.4) is 0 Å². The molecule has 1 aromatic rings. The van der Waals surface area contributed by atoms with Gasteiger partial charge < -0.3 is 10.5 Å². The van der Waals surface area contributed by atoms with Crippen molar-refractivity contribution in [2.45, 2.75) is 39.2 Å². The second-order valence-electron chi connectivity index (χ2n) is 5.44. The number of ether oxygens (including phenoxy) is 1. The molecule has 0 radical (unpaired) electrons. The first kappa shape index (κ1) is 13.4. The van der Waals surface area contributed by atoms with E-state index in [-0.39, 0.29) is 6.10 Å². The van der Waals surface area contributed by atoms with Crippen molar-refractivity contribution in [2.75, 3.05) is 13.7 Å². The Hall–Kier alpha value is -1.00. The van der Waals surface area contributed by atoms with Crippen molar-refractivity contribution in [1.29, 1.82) is 0 Å². The molecule has 1 aliphatic rings. The van der Waals surface area contributed by atoms with Crippen LogP contribution in [0.4, 0.5) is 0 Å². The van der Waals surface area contributed by atoms with E-state index in [1.807, 2.05) is 6.20 Å². The van der Waals surface area contributed by atoms with E-state index in [0.717, 1.165) is 31.6 Å². The van der Waals surface area contributed by atoms with Crippen molar-refractivity contribution in [1.82, 2.24) is 9.97 Å². The number of hydrogen-bond donors (Lipinski definition) is 1. The van der Waals surface area contributed by atoms with Crippen molar-refractivity contribution in [3.05, 3.63) is 23.3 Å². The summed E-state index contributed by atoms with van der Waals surface area (Å²) in [4.78, 5) is 9.17. The van der Waals surface area contributed by atoms with E-state index in [4.69, 9.17) is 15.5 Å². The molecule has 2 rings (SSSR count). The van der Waals surface area contributed by atoms with E-state index < -0.39 is 0 Å². The van der Waals surface area contributed by atoms with E-state index in [0.29, 0.717) is 11.8 Å². The van der Waals surface area contributed by atoms with Gasteiger partial charge >= 0.3 is 0 Å². The summed E-state index contributed by atoms with van der Waals surface area (Å²) in [6.07, 6.45) is 5.13. The molecule has 0 aromatic carbocycles. The number of nitrogens with two attached hydrogens (primary N) is 1. The van der Waals surface area contributed by atoms with Crippen molar-refractivity contribution < 1.29 is 4.74 Å². The van der Waals surface area contributed by atoms with Gasteiger partial charge in [0.15, 0.2) is 5.82 Å². The third kappa shape index (κ3) is 2.70. The number of rotatable bonds is 4. The average molecular weight is 249 g/mol. The van der Waals surface area contributed by atoms with Gasteiger partial charge in [0, 0.05) is 19.0 Å². The van der Waals surface area contributed by atoms with Gasteiger partial charge in [-0.1, -0.05) is 13.8 Å². The maximum atomic E-state index is 5.74. The number of aryl methyl sites for hydroxylation is 1. The normalized spacial score (nSPS) is 20.8. The molecule has 0 spiro atoms. The summed E-state index contributed by atoms with van der Waals surface area (Å²) in [6, 6.07) is 0. The molecule has 100 valence electrons. The molecular formula is C14H23N3O. The Morgan fingerprint density at radius 2 is 2.28 bits per heavy atom. The van der Waals surface area contributed by atoms with Gasteiger partial charge in [-0.3, -0.25) is 0 Å². The van der Waals surface area contributed by atoms with Gasteiger partial charge in [0.25, 0.3) is 0 Å². The summed E-state index contributed by atoms with van der Waals surface area (Å²) < 4.78 is 5.49. The van der Waals surface area contributed by atoms with Gasteiger partial charge in [-0.25, -0.2) is 9.97 Å². The lowest BCUT2D eigenvalue weighted by molar-refractivity contribution is 0.0571. The molecule has 0 fully saturated rings. The number of hydrogen-bond acceptors (Lipinski definition) is 4. The van der Waals surface area contributed by atoms with Crippen LogP contribution >= 0.6 is 0 Å². The quantitative estimate of drug-likeness (QED) is 0.885. The molecule has 4 nitrogen and oxygen atoms in total. The lowest BCUT2D eigenvalue weighted by Gasteiger charge is -2.24. The van der Waals surface area contributed by atoms with Crippen molar-refractivity contribution in [3.8, 4) is 0 Å². The van der Waals surface area contributed by atoms with Gasteiger partial charge in [0.1, 0.15) is 6.10 Å². The zero-order valence-corrected chi connectivity index (χ0v) is 11.5. The standard InChI is InChI=1S/C14H23N3O/c1-9(2)13(18-3)14-16-8-11-6-10(7-15)4-5-12(11)17-14/h8-10,13H,4-7,15H2,1-3H3. The molecule has 4 heteroatoms. The minimum Gasteiger partial charge on any atom is -0.373 e. The first-order valence-corrected chi connectivity index (χ1v) is 6.73. The Labute approximate surface area is 109 Å². The number of methoxy groups -OCH3 is 1. The van der Waals surface area contributed by atoms with Crippen molar-refractivity contribution in [2.24, 2.45) is 17.6 Å². The van der Waals surface area contributed by atoms with E-state index in [1.165, 1.54) is 11.3 Å². The average Bonchev–Trinajstić information content (AvgIpc) is 2.38. The molecule has 2 atom stereocenters. The fraction of sp³-hybridized carbons (Fsp3) is 0.714. The largest absolute Gasteiger partial charge is 0.373 e. The summed E-state index contributed by atoms with van der Waals surface area (Å²) in [5, 5.41) is 0. The van der Waals surface area contributed by atoms with Crippen LogP contribution in [0.25, 0.3) is 0 Å². The van der Waals surface area contributed by atoms with Crippen LogP contribution in [0.1, 0.15) is 43.5 Å². The highest BCUT2D eigenvalue weighted by molar-refractivity contribution is 5.22. The number of nitrogens with zero attached hydrogens (tertiary/aromatic N) is 2. The molecule has 18 heavy (non-hydrogen) atoms. The molecule has 0 bridgehead atoms. The van der Waals surface area contributed by atoms with Crippen molar-refractivity contribution in [3.63, 3.8) is 0 Å². The first-order chi connectivity index (χ1) is 8.65. The highest BCUT2D eigenvalue weighted by Gasteiger charge is 2.23. The van der Waals surface area contributed by atoms with Gasteiger partial charge in [-0.2, -0.15) is 0 Å². The minimum absolute atomic E-state index is 0.0115. The Morgan fingerprint density at radius 1 is 1.50 bits per heavy atom. The van der Waals surface area contributed by atoms with E-state index in [2.05, 4.69) is 18.8 Å². The van der Waals surface area contributed by atoms with Crippen LogP contribution in [0, 0.1) is 11.8 Å². The number of aromatic nitrogens is 2. The summed E-state index contributed by atoms with van der Waals surface area (Å²) in [7, 11) is 1.72. The highest BCUT2D eigenvalue weighted by atomic mass is 16.5. The van der Waals surface area contributed by atoms with E-state index in [1.54, 1.807) is 7.11 Å². The van der Waals surface area contributed by atoms with Gasteiger partial charge in [-0.05, 0) is 43.2 Å². The summed E-state index contributed by atoms with van der Waals surface area (Å²) >= 11 is 0. The first-order valence-electron chi connectivity index (χ1n) is 6.73. The zero-order valence-electron chi connectivity index (χ0n) is 11.5. The van der Waals surface area contributed by atoms with E-state index >= 15 is 0 Å². The molecule has 0 amide bonds. The Bertz CT molecular complexity index is 406. The predicted molar refractivity (Wildman–Crippen MR) is 71.2 cm³/mol. The topological polar surface area (TPSA) is 61.0 Å². The van der Waals surface area contributed by atoms with Gasteiger partial charge in [0.05, 0.1) is 0 Å². The van der Waals surface area contributed by atoms with Crippen LogP contribution < -0.4 is 5.73 Å². The molecule has 2 unspecified atom stereocenters. The van der Waals surface area contributed by atoms with Crippen LogP contribution in [-0.2, 0) is 17.6 Å². The highest BCUT2D eigenvalue weighted by Crippen LogP contribution is 2.27. The Kier molecular flexibility index (Phi) is 4.30. The van der Waals surface area contributed by atoms with Crippen LogP contribution in [-0.4, -0.2) is 23.6 Å². The number of fused-ring (bicyclic) bond motifs is 1. The summed E-state index contributed by atoms with van der Waals surface area (Å²) in [6.45, 7) is 5.01. The molecular weight excluding hydrogens is 226 g/mol. The molecule has 2 N–H and O–H groups in total. The zero-order chi connectivity index (χ0) is 13.1. The molecule has 1 heterocycles. The molecule has 1 aromatic heterocycles. The lowest BCUT2D eigenvalue weighted by Crippen LogP contribution is -2.24. The SMILES string of the molecule is COC(c1ncc2c(n1)CCC(CN)C2)C(C)C. The van der Waals surface area contributed by atoms with Crippen molar-refractivity contribution >= 4 is 0 Å². The van der Waals surface area contributed by atoms with Crippen LogP contribution in [0.5, 0.6) is 0 Å². The van der Waals surface area contributed by atoms with E-state index in [9.17, 15) is 0 Å². The van der Waals surface area contributed by atoms with Crippen LogP contribution in [0.15, 0.2) is 6.20 Å². The molecule has 0 saturated heterocycles. The molecule has 0 saturated carbocycles. The third-order valence-corrected chi connectivity index (χ3v) is 3.72. The predicted octanol–water partition coefficient (Wildman–Crippen LogP) is 1.88. The minimum atomic E-state index is -0.0115. The summed E-state index contributed by atoms with van der Waals surface area (Å²) in [5.74, 6) is 1.79. The monoisotopic (exact) mass is 249 g/mol. The Morgan fingerprint density at radius 3 is 2.89 bits per heavy atom.